The summed E-state index contributed by atoms with van der Waals surface area (Å²) in [5.74, 6) is 2.39. The van der Waals surface area contributed by atoms with Crippen LogP contribution in [0.25, 0.3) is 0 Å². The Balaban J connectivity index is 2.08. The van der Waals surface area contributed by atoms with Gasteiger partial charge >= 0.3 is 0 Å². The Hall–Kier alpha value is -2.08. The quantitative estimate of drug-likeness (QED) is 0.841. The van der Waals surface area contributed by atoms with Crippen LogP contribution >= 0.6 is 0 Å². The molecule has 1 N–H and O–H groups in total. The Morgan fingerprint density at radius 3 is 2.67 bits per heavy atom. The molecule has 0 spiro atoms. The van der Waals surface area contributed by atoms with Gasteiger partial charge in [-0.15, -0.1) is 0 Å². The van der Waals surface area contributed by atoms with E-state index in [4.69, 9.17) is 14.0 Å². The van der Waals surface area contributed by atoms with Gasteiger partial charge in [-0.25, -0.2) is 0 Å². The fourth-order valence-electron chi connectivity index (χ4n) is 1.96. The van der Waals surface area contributed by atoms with Gasteiger partial charge in [0.1, 0.15) is 0 Å². The van der Waals surface area contributed by atoms with Crippen LogP contribution in [0.1, 0.15) is 30.6 Å². The lowest BCUT2D eigenvalue weighted by Crippen LogP contribution is -2.08. The maximum Gasteiger partial charge on any atom is 0.229 e. The first kappa shape index (κ1) is 15.3. The molecule has 0 radical (unpaired) electrons. The summed E-state index contributed by atoms with van der Waals surface area (Å²) in [5.41, 5.74) is 0.996. The standard InChI is InChI=1S/C15H20N2O4/c1-4-11(18)9-15-16-14(17-21-15)8-10-5-6-12(19-2)13(7-10)20-3/h5-7,11,18H,4,8-9H2,1-3H3. The minimum atomic E-state index is -0.445. The molecule has 1 atom stereocenters. The Bertz CT molecular complexity index is 583. The first-order chi connectivity index (χ1) is 10.2. The second-order valence-electron chi connectivity index (χ2n) is 4.74. The van der Waals surface area contributed by atoms with Crippen molar-refractivity contribution in [1.29, 1.82) is 0 Å². The van der Waals surface area contributed by atoms with Crippen LogP contribution in [0.2, 0.25) is 0 Å². The van der Waals surface area contributed by atoms with Crippen LogP contribution in [-0.4, -0.2) is 35.6 Å². The van der Waals surface area contributed by atoms with E-state index >= 15 is 0 Å². The highest BCUT2D eigenvalue weighted by Gasteiger charge is 2.12. The maximum absolute atomic E-state index is 9.58. The highest BCUT2D eigenvalue weighted by Crippen LogP contribution is 2.28. The van der Waals surface area contributed by atoms with Crippen molar-refractivity contribution in [1.82, 2.24) is 10.1 Å². The largest absolute Gasteiger partial charge is 0.493 e. The van der Waals surface area contributed by atoms with E-state index in [9.17, 15) is 5.11 Å². The van der Waals surface area contributed by atoms with E-state index in [2.05, 4.69) is 10.1 Å². The lowest BCUT2D eigenvalue weighted by Gasteiger charge is -2.08. The number of aliphatic hydroxyl groups is 1. The molecular formula is C15H20N2O4. The number of aliphatic hydroxyl groups excluding tert-OH is 1. The third-order valence-corrected chi connectivity index (χ3v) is 3.20. The molecule has 0 fully saturated rings. The van der Waals surface area contributed by atoms with Gasteiger partial charge in [-0.1, -0.05) is 18.1 Å². The normalized spacial score (nSPS) is 12.2. The molecule has 6 heteroatoms. The van der Waals surface area contributed by atoms with Crippen LogP contribution in [-0.2, 0) is 12.8 Å². The molecule has 0 aliphatic carbocycles. The number of rotatable bonds is 7. The van der Waals surface area contributed by atoms with Crippen molar-refractivity contribution in [2.24, 2.45) is 0 Å². The summed E-state index contributed by atoms with van der Waals surface area (Å²) in [6.45, 7) is 1.91. The zero-order chi connectivity index (χ0) is 15.2. The minimum Gasteiger partial charge on any atom is -0.493 e. The highest BCUT2D eigenvalue weighted by atomic mass is 16.5. The van der Waals surface area contributed by atoms with Crippen LogP contribution < -0.4 is 9.47 Å². The second kappa shape index (κ2) is 7.08. The third kappa shape index (κ3) is 3.95. The minimum absolute atomic E-state index is 0.384. The number of benzene rings is 1. The number of aromatic nitrogens is 2. The van der Waals surface area contributed by atoms with Crippen LogP contribution in [0.15, 0.2) is 22.7 Å². The van der Waals surface area contributed by atoms with Crippen LogP contribution in [0.4, 0.5) is 0 Å². The third-order valence-electron chi connectivity index (χ3n) is 3.20. The molecule has 1 aromatic heterocycles. The molecule has 0 aliphatic heterocycles. The molecule has 114 valence electrons. The molecular weight excluding hydrogens is 272 g/mol. The van der Waals surface area contributed by atoms with Crippen LogP contribution in [0.3, 0.4) is 0 Å². The SMILES string of the molecule is CCC(O)Cc1nc(Cc2ccc(OC)c(OC)c2)no1. The molecule has 2 rings (SSSR count). The molecule has 1 aromatic carbocycles. The van der Waals surface area contributed by atoms with Crippen molar-refractivity contribution < 1.29 is 19.1 Å². The summed E-state index contributed by atoms with van der Waals surface area (Å²) in [5, 5.41) is 13.5. The summed E-state index contributed by atoms with van der Waals surface area (Å²) in [6, 6.07) is 5.66. The topological polar surface area (TPSA) is 77.6 Å². The summed E-state index contributed by atoms with van der Waals surface area (Å²) < 4.78 is 15.6. The summed E-state index contributed by atoms with van der Waals surface area (Å²) >= 11 is 0. The number of ether oxygens (including phenoxy) is 2. The smallest absolute Gasteiger partial charge is 0.229 e. The average Bonchev–Trinajstić information content (AvgIpc) is 2.93. The maximum atomic E-state index is 9.58. The predicted octanol–water partition coefficient (Wildman–Crippen LogP) is 1.99. The predicted molar refractivity (Wildman–Crippen MR) is 76.7 cm³/mol. The number of nitrogens with zero attached hydrogens (tertiary/aromatic N) is 2. The number of hydrogen-bond donors (Lipinski definition) is 1. The van der Waals surface area contributed by atoms with Gasteiger partial charge in [0.25, 0.3) is 0 Å². The molecule has 21 heavy (non-hydrogen) atoms. The van der Waals surface area contributed by atoms with Crippen molar-refractivity contribution in [2.45, 2.75) is 32.3 Å². The Kier molecular flexibility index (Phi) is 5.16. The van der Waals surface area contributed by atoms with Gasteiger partial charge in [0.15, 0.2) is 17.3 Å². The molecule has 1 unspecified atom stereocenters. The summed E-state index contributed by atoms with van der Waals surface area (Å²) in [7, 11) is 3.20. The van der Waals surface area contributed by atoms with E-state index in [1.165, 1.54) is 0 Å². The summed E-state index contributed by atoms with van der Waals surface area (Å²) in [6.07, 6.45) is 1.13. The van der Waals surface area contributed by atoms with Gasteiger partial charge in [-0.3, -0.25) is 0 Å². The van der Waals surface area contributed by atoms with E-state index in [-0.39, 0.29) is 0 Å². The van der Waals surface area contributed by atoms with Crippen molar-refractivity contribution in [3.05, 3.63) is 35.5 Å². The molecule has 0 aliphatic rings. The van der Waals surface area contributed by atoms with Crippen molar-refractivity contribution in [3.8, 4) is 11.5 Å². The van der Waals surface area contributed by atoms with E-state index in [1.54, 1.807) is 14.2 Å². The van der Waals surface area contributed by atoms with Crippen molar-refractivity contribution in [3.63, 3.8) is 0 Å². The van der Waals surface area contributed by atoms with Crippen molar-refractivity contribution in [2.75, 3.05) is 14.2 Å². The van der Waals surface area contributed by atoms with Crippen LogP contribution in [0.5, 0.6) is 11.5 Å². The van der Waals surface area contributed by atoms with Gasteiger partial charge in [0.2, 0.25) is 5.89 Å². The van der Waals surface area contributed by atoms with E-state index in [1.807, 2.05) is 25.1 Å². The molecule has 0 saturated heterocycles. The van der Waals surface area contributed by atoms with E-state index < -0.39 is 6.10 Å². The van der Waals surface area contributed by atoms with E-state index in [0.29, 0.717) is 42.5 Å². The summed E-state index contributed by atoms with van der Waals surface area (Å²) in [4.78, 5) is 4.28. The van der Waals surface area contributed by atoms with Gasteiger partial charge in [0.05, 0.1) is 26.7 Å². The monoisotopic (exact) mass is 292 g/mol. The number of methoxy groups -OCH3 is 2. The molecule has 0 amide bonds. The molecule has 0 bridgehead atoms. The molecule has 1 heterocycles. The average molecular weight is 292 g/mol. The first-order valence-corrected chi connectivity index (χ1v) is 6.86. The lowest BCUT2D eigenvalue weighted by atomic mass is 10.1. The van der Waals surface area contributed by atoms with Crippen LogP contribution in [0, 0.1) is 0 Å². The molecule has 6 nitrogen and oxygen atoms in total. The zero-order valence-corrected chi connectivity index (χ0v) is 12.5. The molecule has 2 aromatic rings. The van der Waals surface area contributed by atoms with Gasteiger partial charge < -0.3 is 19.1 Å². The fourth-order valence-corrected chi connectivity index (χ4v) is 1.96. The Morgan fingerprint density at radius 2 is 2.00 bits per heavy atom. The van der Waals surface area contributed by atoms with E-state index in [0.717, 1.165) is 5.56 Å². The molecule has 0 saturated carbocycles. The zero-order valence-electron chi connectivity index (χ0n) is 12.5. The first-order valence-electron chi connectivity index (χ1n) is 6.86. The van der Waals surface area contributed by atoms with Gasteiger partial charge in [-0.2, -0.15) is 4.98 Å². The Labute approximate surface area is 123 Å². The Morgan fingerprint density at radius 1 is 1.24 bits per heavy atom. The van der Waals surface area contributed by atoms with Gasteiger partial charge in [-0.05, 0) is 24.1 Å². The fraction of sp³-hybridized carbons (Fsp3) is 0.467. The van der Waals surface area contributed by atoms with Gasteiger partial charge in [0, 0.05) is 6.42 Å². The second-order valence-corrected chi connectivity index (χ2v) is 4.74. The number of hydrogen-bond acceptors (Lipinski definition) is 6. The highest BCUT2D eigenvalue weighted by molar-refractivity contribution is 5.43. The van der Waals surface area contributed by atoms with Crippen molar-refractivity contribution >= 4 is 0 Å². The lowest BCUT2D eigenvalue weighted by molar-refractivity contribution is 0.158.